The Labute approximate surface area is 135 Å². The van der Waals surface area contributed by atoms with Crippen LogP contribution in [0.4, 0.5) is 0 Å². The Hall–Kier alpha value is 0.490. The molecule has 9 heteroatoms. The quantitative estimate of drug-likeness (QED) is 0.517. The number of carbonyl (C=O) groups excluding carboxylic acids is 1. The van der Waals surface area contributed by atoms with Gasteiger partial charge in [-0.05, 0) is 19.8 Å². The van der Waals surface area contributed by atoms with E-state index in [1.165, 1.54) is 0 Å². The Morgan fingerprint density at radius 3 is 1.95 bits per heavy atom. The molecule has 0 bridgehead atoms. The van der Waals surface area contributed by atoms with E-state index in [0.717, 1.165) is 0 Å². The van der Waals surface area contributed by atoms with Crippen molar-refractivity contribution in [2.24, 2.45) is 5.92 Å². The molecule has 1 N–H and O–H groups in total. The normalized spacial score (nSPS) is 14.4. The van der Waals surface area contributed by atoms with E-state index in [2.05, 4.69) is 5.32 Å². The van der Waals surface area contributed by atoms with Gasteiger partial charge in [0.2, 0.25) is 9.70 Å². The van der Waals surface area contributed by atoms with Crippen molar-refractivity contribution in [2.75, 3.05) is 13.2 Å². The van der Waals surface area contributed by atoms with Gasteiger partial charge in [-0.2, -0.15) is 0 Å². The van der Waals surface area contributed by atoms with Crippen LogP contribution in [-0.2, 0) is 18.4 Å². The van der Waals surface area contributed by atoms with Crippen molar-refractivity contribution in [3.8, 4) is 0 Å². The third kappa shape index (κ3) is 6.97. The van der Waals surface area contributed by atoms with Crippen molar-refractivity contribution in [3.63, 3.8) is 0 Å². The number of halogens is 3. The van der Waals surface area contributed by atoms with Gasteiger partial charge in [0.1, 0.15) is 0 Å². The number of rotatable bonds is 8. The maximum Gasteiger partial charge on any atom is 0.357 e. The molecule has 0 radical (unpaired) electrons. The van der Waals surface area contributed by atoms with E-state index in [9.17, 15) is 9.36 Å². The lowest BCUT2D eigenvalue weighted by Crippen LogP contribution is -2.44. The number of hydrogen-bond donors (Lipinski definition) is 1. The number of amides is 1. The van der Waals surface area contributed by atoms with Crippen molar-refractivity contribution in [1.29, 1.82) is 0 Å². The zero-order chi connectivity index (χ0) is 16.0. The molecule has 0 aliphatic rings. The van der Waals surface area contributed by atoms with E-state index in [0.29, 0.717) is 0 Å². The highest BCUT2D eigenvalue weighted by Gasteiger charge is 2.49. The van der Waals surface area contributed by atoms with Gasteiger partial charge >= 0.3 is 7.60 Å². The molecule has 0 aliphatic carbocycles. The van der Waals surface area contributed by atoms with Crippen molar-refractivity contribution < 1.29 is 18.4 Å². The largest absolute Gasteiger partial charge is 0.357 e. The molecule has 0 spiro atoms. The summed E-state index contributed by atoms with van der Waals surface area (Å²) in [4.78, 5) is 11.8. The van der Waals surface area contributed by atoms with Gasteiger partial charge in [-0.3, -0.25) is 9.36 Å². The Bertz CT molecular complexity index is 350. The second-order valence-corrected chi connectivity index (χ2v) is 8.97. The summed E-state index contributed by atoms with van der Waals surface area (Å²) in [7, 11) is -3.78. The molecule has 0 saturated carbocycles. The Morgan fingerprint density at radius 2 is 1.65 bits per heavy atom. The maximum atomic E-state index is 12.7. The molecule has 0 heterocycles. The van der Waals surface area contributed by atoms with Crippen LogP contribution in [0, 0.1) is 5.92 Å². The summed E-state index contributed by atoms with van der Waals surface area (Å²) in [6, 6.07) is 0. The Kier molecular flexibility index (Phi) is 9.03. The number of carbonyl (C=O) groups is 1. The first-order valence-electron chi connectivity index (χ1n) is 6.31. The Morgan fingerprint density at radius 1 is 1.20 bits per heavy atom. The maximum absolute atomic E-state index is 12.7. The smallest absolute Gasteiger partial charge is 0.339 e. The minimum Gasteiger partial charge on any atom is -0.339 e. The SMILES string of the molecule is CCOP(=O)(OCC)[C@H](NC(=O)CC(C)C)C(Cl)(Cl)Cl. The van der Waals surface area contributed by atoms with Crippen LogP contribution >= 0.6 is 42.4 Å². The third-order valence-corrected chi connectivity index (χ3v) is 5.63. The standard InChI is InChI=1S/C11H21Cl3NO4P/c1-5-18-20(17,19-6-2)10(11(12,13)14)15-9(16)7-8(3)4/h8,10H,5-7H2,1-4H3,(H,15,16)/t10-/m0/s1. The molecular formula is C11H21Cl3NO4P. The van der Waals surface area contributed by atoms with E-state index in [1.54, 1.807) is 13.8 Å². The third-order valence-electron chi connectivity index (χ3n) is 2.14. The average Bonchev–Trinajstić information content (AvgIpc) is 2.24. The van der Waals surface area contributed by atoms with Gasteiger partial charge in [-0.25, -0.2) is 0 Å². The number of nitrogens with one attached hydrogen (secondary N) is 1. The molecule has 120 valence electrons. The molecule has 0 aromatic carbocycles. The molecule has 0 saturated heterocycles. The highest BCUT2D eigenvalue weighted by Crippen LogP contribution is 2.58. The predicted octanol–water partition coefficient (Wildman–Crippen LogP) is 4.11. The highest BCUT2D eigenvalue weighted by molar-refractivity contribution is 7.55. The predicted molar refractivity (Wildman–Crippen MR) is 82.5 cm³/mol. The van der Waals surface area contributed by atoms with E-state index in [-0.39, 0.29) is 31.5 Å². The van der Waals surface area contributed by atoms with Crippen molar-refractivity contribution >= 4 is 48.3 Å². The first kappa shape index (κ1) is 20.5. The second kappa shape index (κ2) is 8.82. The molecule has 1 atom stereocenters. The van der Waals surface area contributed by atoms with Crippen LogP contribution < -0.4 is 5.32 Å². The zero-order valence-corrected chi connectivity index (χ0v) is 15.2. The number of hydrogen-bond acceptors (Lipinski definition) is 4. The van der Waals surface area contributed by atoms with E-state index in [4.69, 9.17) is 43.9 Å². The minimum absolute atomic E-state index is 0.106. The van der Waals surface area contributed by atoms with Gasteiger partial charge in [0.25, 0.3) is 0 Å². The molecule has 0 fully saturated rings. The minimum atomic E-state index is -3.78. The molecule has 0 unspecified atom stereocenters. The molecule has 0 aromatic rings. The molecule has 0 aliphatic heterocycles. The van der Waals surface area contributed by atoms with Gasteiger partial charge in [0, 0.05) is 6.42 Å². The number of alkyl halides is 3. The summed E-state index contributed by atoms with van der Waals surface area (Å²) in [6.45, 7) is 7.22. The second-order valence-electron chi connectivity index (χ2n) is 4.49. The monoisotopic (exact) mass is 367 g/mol. The van der Waals surface area contributed by atoms with Crippen molar-refractivity contribution in [3.05, 3.63) is 0 Å². The van der Waals surface area contributed by atoms with Gasteiger partial charge < -0.3 is 14.4 Å². The van der Waals surface area contributed by atoms with Gasteiger partial charge in [0.05, 0.1) is 13.2 Å². The van der Waals surface area contributed by atoms with Crippen LogP contribution in [0.25, 0.3) is 0 Å². The summed E-state index contributed by atoms with van der Waals surface area (Å²) in [5.41, 5.74) is 0. The fourth-order valence-electron chi connectivity index (χ4n) is 1.47. The van der Waals surface area contributed by atoms with Crippen LogP contribution in [-0.4, -0.2) is 28.7 Å². The summed E-state index contributed by atoms with van der Waals surface area (Å²) < 4.78 is 20.9. The first-order valence-corrected chi connectivity index (χ1v) is 9.06. The van der Waals surface area contributed by atoms with Gasteiger partial charge in [-0.1, -0.05) is 48.7 Å². The zero-order valence-electron chi connectivity index (χ0n) is 12.0. The summed E-state index contributed by atoms with van der Waals surface area (Å²) >= 11 is 17.5. The molecule has 0 aromatic heterocycles. The van der Waals surface area contributed by atoms with Crippen molar-refractivity contribution in [2.45, 2.75) is 43.7 Å². The lowest BCUT2D eigenvalue weighted by atomic mass is 10.1. The lowest BCUT2D eigenvalue weighted by Gasteiger charge is -2.31. The van der Waals surface area contributed by atoms with E-state index < -0.39 is 17.2 Å². The summed E-state index contributed by atoms with van der Waals surface area (Å²) in [5, 5.41) is 2.45. The van der Waals surface area contributed by atoms with Crippen LogP contribution in [0.2, 0.25) is 0 Å². The van der Waals surface area contributed by atoms with Crippen LogP contribution in [0.3, 0.4) is 0 Å². The molecule has 5 nitrogen and oxygen atoms in total. The topological polar surface area (TPSA) is 64.6 Å². The Balaban J connectivity index is 5.22. The molecule has 20 heavy (non-hydrogen) atoms. The summed E-state index contributed by atoms with van der Waals surface area (Å²) in [6.07, 6.45) is 0.218. The van der Waals surface area contributed by atoms with Gasteiger partial charge in [-0.15, -0.1) is 0 Å². The highest BCUT2D eigenvalue weighted by atomic mass is 35.6. The first-order chi connectivity index (χ1) is 9.06. The van der Waals surface area contributed by atoms with Gasteiger partial charge in [0.15, 0.2) is 5.78 Å². The van der Waals surface area contributed by atoms with Crippen LogP contribution in [0.15, 0.2) is 0 Å². The fraction of sp³-hybridized carbons (Fsp3) is 0.909. The fourth-order valence-corrected chi connectivity index (χ4v) is 4.46. The van der Waals surface area contributed by atoms with Crippen LogP contribution in [0.5, 0.6) is 0 Å². The lowest BCUT2D eigenvalue weighted by molar-refractivity contribution is -0.122. The summed E-state index contributed by atoms with van der Waals surface area (Å²) in [5.74, 6) is -1.62. The van der Waals surface area contributed by atoms with Crippen molar-refractivity contribution in [1.82, 2.24) is 5.32 Å². The van der Waals surface area contributed by atoms with Crippen LogP contribution in [0.1, 0.15) is 34.1 Å². The molecule has 1 amide bonds. The van der Waals surface area contributed by atoms with E-state index in [1.807, 2.05) is 13.8 Å². The van der Waals surface area contributed by atoms with E-state index >= 15 is 0 Å². The molecular weight excluding hydrogens is 347 g/mol. The molecule has 0 rings (SSSR count). The average molecular weight is 369 g/mol.